The zero-order chi connectivity index (χ0) is 13.1. The van der Waals surface area contributed by atoms with Crippen LogP contribution in [0.15, 0.2) is 30.6 Å². The van der Waals surface area contributed by atoms with Crippen LogP contribution in [0.3, 0.4) is 0 Å². The van der Waals surface area contributed by atoms with Crippen LogP contribution >= 0.6 is 0 Å². The summed E-state index contributed by atoms with van der Waals surface area (Å²) < 4.78 is 2.09. The van der Waals surface area contributed by atoms with Crippen molar-refractivity contribution in [2.45, 2.75) is 19.4 Å². The molecule has 0 bridgehead atoms. The number of fused-ring (bicyclic) bond motifs is 1. The molecule has 1 N–H and O–H groups in total. The number of nitrogens with zero attached hydrogens (tertiary/aromatic N) is 3. The largest absolute Gasteiger partial charge is 0.316 e. The van der Waals surface area contributed by atoms with E-state index in [0.717, 1.165) is 36.9 Å². The van der Waals surface area contributed by atoms with E-state index in [9.17, 15) is 0 Å². The molecule has 1 aliphatic heterocycles. The molecule has 0 aromatic carbocycles. The lowest BCUT2D eigenvalue weighted by molar-refractivity contribution is 0.236. The topological polar surface area (TPSA) is 32.6 Å². The molecule has 2 aromatic rings. The molecule has 1 atom stereocenters. The standard InChI is InChI=1S/C15H22N4/c1-18(10-13-5-4-7-16-9-13)11-14-12-19-8-3-2-6-15(19)17-14/h2-3,6,8,12-13,16H,4-5,7,9-11H2,1H3. The molecule has 2 aromatic heterocycles. The average Bonchev–Trinajstić information content (AvgIpc) is 2.81. The zero-order valence-corrected chi connectivity index (χ0v) is 11.5. The fourth-order valence-electron chi connectivity index (χ4n) is 2.93. The van der Waals surface area contributed by atoms with Gasteiger partial charge in [0, 0.05) is 25.5 Å². The van der Waals surface area contributed by atoms with Gasteiger partial charge in [0.1, 0.15) is 5.65 Å². The van der Waals surface area contributed by atoms with Crippen LogP contribution in [0, 0.1) is 5.92 Å². The number of imidazole rings is 1. The summed E-state index contributed by atoms with van der Waals surface area (Å²) >= 11 is 0. The predicted molar refractivity (Wildman–Crippen MR) is 77.1 cm³/mol. The molecule has 0 aliphatic carbocycles. The van der Waals surface area contributed by atoms with E-state index >= 15 is 0 Å². The van der Waals surface area contributed by atoms with Crippen LogP contribution < -0.4 is 5.32 Å². The Labute approximate surface area is 114 Å². The number of aromatic nitrogens is 2. The first-order valence-corrected chi connectivity index (χ1v) is 7.13. The van der Waals surface area contributed by atoms with Crippen LogP contribution in [0.1, 0.15) is 18.5 Å². The van der Waals surface area contributed by atoms with Crippen LogP contribution in [0.5, 0.6) is 0 Å². The summed E-state index contributed by atoms with van der Waals surface area (Å²) in [4.78, 5) is 7.04. The molecule has 0 amide bonds. The first-order valence-electron chi connectivity index (χ1n) is 7.13. The Morgan fingerprint density at radius 3 is 3.21 bits per heavy atom. The van der Waals surface area contributed by atoms with E-state index in [-0.39, 0.29) is 0 Å². The van der Waals surface area contributed by atoms with Crippen molar-refractivity contribution in [1.82, 2.24) is 19.6 Å². The number of pyridine rings is 1. The highest BCUT2D eigenvalue weighted by molar-refractivity contribution is 5.39. The van der Waals surface area contributed by atoms with Gasteiger partial charge in [0.15, 0.2) is 0 Å². The van der Waals surface area contributed by atoms with E-state index in [1.54, 1.807) is 0 Å². The molecule has 0 saturated carbocycles. The highest BCUT2D eigenvalue weighted by Gasteiger charge is 2.15. The minimum Gasteiger partial charge on any atom is -0.316 e. The molecular weight excluding hydrogens is 236 g/mol. The summed E-state index contributed by atoms with van der Waals surface area (Å²) in [6.07, 6.45) is 6.84. The van der Waals surface area contributed by atoms with E-state index in [1.165, 1.54) is 19.4 Å². The fourth-order valence-corrected chi connectivity index (χ4v) is 2.93. The van der Waals surface area contributed by atoms with Gasteiger partial charge in [-0.15, -0.1) is 0 Å². The maximum Gasteiger partial charge on any atom is 0.137 e. The van der Waals surface area contributed by atoms with Gasteiger partial charge in [-0.1, -0.05) is 6.07 Å². The number of rotatable bonds is 4. The minimum absolute atomic E-state index is 0.788. The van der Waals surface area contributed by atoms with Crippen molar-refractivity contribution in [3.8, 4) is 0 Å². The van der Waals surface area contributed by atoms with E-state index in [0.29, 0.717) is 0 Å². The number of nitrogens with one attached hydrogen (secondary N) is 1. The first kappa shape index (κ1) is 12.6. The second kappa shape index (κ2) is 5.72. The van der Waals surface area contributed by atoms with Crippen molar-refractivity contribution in [3.05, 3.63) is 36.3 Å². The smallest absolute Gasteiger partial charge is 0.137 e. The fraction of sp³-hybridized carbons (Fsp3) is 0.533. The molecule has 3 rings (SSSR count). The minimum atomic E-state index is 0.788. The summed E-state index contributed by atoms with van der Waals surface area (Å²) in [7, 11) is 2.19. The molecule has 1 aliphatic rings. The van der Waals surface area contributed by atoms with Crippen molar-refractivity contribution >= 4 is 5.65 Å². The lowest BCUT2D eigenvalue weighted by Crippen LogP contribution is -2.36. The summed E-state index contributed by atoms with van der Waals surface area (Å²) in [6, 6.07) is 6.12. The van der Waals surface area contributed by atoms with Crippen molar-refractivity contribution < 1.29 is 0 Å². The summed E-state index contributed by atoms with van der Waals surface area (Å²) in [5.41, 5.74) is 2.18. The lowest BCUT2D eigenvalue weighted by Gasteiger charge is -2.27. The molecular formula is C15H22N4. The average molecular weight is 258 g/mol. The maximum absolute atomic E-state index is 4.65. The third-order valence-corrected chi connectivity index (χ3v) is 3.81. The summed E-state index contributed by atoms with van der Waals surface area (Å²) in [6.45, 7) is 4.43. The van der Waals surface area contributed by atoms with Gasteiger partial charge < -0.3 is 14.6 Å². The van der Waals surface area contributed by atoms with Crippen molar-refractivity contribution in [2.75, 3.05) is 26.7 Å². The highest BCUT2D eigenvalue weighted by atomic mass is 15.1. The van der Waals surface area contributed by atoms with Gasteiger partial charge >= 0.3 is 0 Å². The van der Waals surface area contributed by atoms with Crippen LogP contribution in [0.2, 0.25) is 0 Å². The lowest BCUT2D eigenvalue weighted by atomic mass is 9.99. The van der Waals surface area contributed by atoms with Crippen LogP contribution in [-0.2, 0) is 6.54 Å². The normalized spacial score (nSPS) is 20.2. The van der Waals surface area contributed by atoms with Gasteiger partial charge in [0.05, 0.1) is 5.69 Å². The molecule has 4 nitrogen and oxygen atoms in total. The van der Waals surface area contributed by atoms with E-state index in [2.05, 4.69) is 45.1 Å². The molecule has 1 fully saturated rings. The Morgan fingerprint density at radius 2 is 2.42 bits per heavy atom. The van der Waals surface area contributed by atoms with Crippen molar-refractivity contribution in [2.24, 2.45) is 5.92 Å². The molecule has 1 unspecified atom stereocenters. The number of hydrogen-bond donors (Lipinski definition) is 1. The second-order valence-electron chi connectivity index (χ2n) is 5.61. The van der Waals surface area contributed by atoms with Gasteiger partial charge in [0.25, 0.3) is 0 Å². The second-order valence-corrected chi connectivity index (χ2v) is 5.61. The Balaban J connectivity index is 1.60. The van der Waals surface area contributed by atoms with Gasteiger partial charge in [-0.05, 0) is 51.0 Å². The maximum atomic E-state index is 4.65. The van der Waals surface area contributed by atoms with Gasteiger partial charge in [-0.3, -0.25) is 0 Å². The molecule has 19 heavy (non-hydrogen) atoms. The third kappa shape index (κ3) is 3.14. The zero-order valence-electron chi connectivity index (χ0n) is 11.5. The van der Waals surface area contributed by atoms with Gasteiger partial charge in [-0.25, -0.2) is 4.98 Å². The first-order chi connectivity index (χ1) is 9.31. The monoisotopic (exact) mass is 258 g/mol. The molecule has 3 heterocycles. The molecule has 4 heteroatoms. The summed E-state index contributed by atoms with van der Waals surface area (Å²) in [5.74, 6) is 0.788. The van der Waals surface area contributed by atoms with Crippen LogP contribution in [0.4, 0.5) is 0 Å². The SMILES string of the molecule is CN(Cc1cn2ccccc2n1)CC1CCCNC1. The molecule has 0 radical (unpaired) electrons. The van der Waals surface area contributed by atoms with Crippen LogP contribution in [-0.4, -0.2) is 41.0 Å². The summed E-state index contributed by atoms with van der Waals surface area (Å²) in [5, 5.41) is 3.48. The molecule has 102 valence electrons. The van der Waals surface area contributed by atoms with Crippen molar-refractivity contribution in [1.29, 1.82) is 0 Å². The van der Waals surface area contributed by atoms with Gasteiger partial charge in [0.2, 0.25) is 0 Å². The third-order valence-electron chi connectivity index (χ3n) is 3.81. The highest BCUT2D eigenvalue weighted by Crippen LogP contribution is 2.13. The van der Waals surface area contributed by atoms with E-state index in [1.807, 2.05) is 12.1 Å². The Bertz CT molecular complexity index is 495. The van der Waals surface area contributed by atoms with E-state index in [4.69, 9.17) is 0 Å². The molecule has 0 spiro atoms. The Hall–Kier alpha value is -1.39. The Kier molecular flexibility index (Phi) is 3.80. The van der Waals surface area contributed by atoms with E-state index < -0.39 is 0 Å². The van der Waals surface area contributed by atoms with Crippen LogP contribution in [0.25, 0.3) is 5.65 Å². The quantitative estimate of drug-likeness (QED) is 0.907. The van der Waals surface area contributed by atoms with Crippen molar-refractivity contribution in [3.63, 3.8) is 0 Å². The number of hydrogen-bond acceptors (Lipinski definition) is 3. The predicted octanol–water partition coefficient (Wildman–Crippen LogP) is 1.77. The molecule has 1 saturated heterocycles. The number of piperidine rings is 1. The van der Waals surface area contributed by atoms with Gasteiger partial charge in [-0.2, -0.15) is 0 Å². The Morgan fingerprint density at radius 1 is 1.47 bits per heavy atom.